The quantitative estimate of drug-likeness (QED) is 0.867. The molecule has 0 aromatic carbocycles. The first-order valence-electron chi connectivity index (χ1n) is 6.26. The minimum Gasteiger partial charge on any atom is -0.350 e. The van der Waals surface area contributed by atoms with Crippen LogP contribution in [0.2, 0.25) is 0 Å². The predicted molar refractivity (Wildman–Crippen MR) is 76.8 cm³/mol. The Hall–Kier alpha value is -1.43. The lowest BCUT2D eigenvalue weighted by Gasteiger charge is -2.18. The fourth-order valence-electron chi connectivity index (χ4n) is 1.62. The van der Waals surface area contributed by atoms with Crippen molar-refractivity contribution < 1.29 is 9.59 Å². The Morgan fingerprint density at radius 2 is 2.00 bits per heavy atom. The summed E-state index contributed by atoms with van der Waals surface area (Å²) < 4.78 is 0.820. The smallest absolute Gasteiger partial charge is 0.269 e. The highest BCUT2D eigenvalue weighted by Gasteiger charge is 2.11. The molecule has 0 unspecified atom stereocenters. The number of hydrogen-bond acceptors (Lipinski definition) is 3. The monoisotopic (exact) mass is 327 g/mol. The molecule has 0 aliphatic heterocycles. The van der Waals surface area contributed by atoms with Crippen molar-refractivity contribution >= 4 is 27.7 Å². The van der Waals surface area contributed by atoms with Crippen molar-refractivity contribution in [3.8, 4) is 0 Å². The fraction of sp³-hybridized carbons (Fsp3) is 0.462. The van der Waals surface area contributed by atoms with Gasteiger partial charge in [0.15, 0.2) is 0 Å². The number of rotatable bonds is 6. The Balaban J connectivity index is 2.39. The second-order valence-electron chi connectivity index (χ2n) is 3.93. The molecule has 1 rings (SSSR count). The average Bonchev–Trinajstić information content (AvgIpc) is 2.40. The van der Waals surface area contributed by atoms with Crippen LogP contribution in [0.3, 0.4) is 0 Å². The van der Waals surface area contributed by atoms with E-state index >= 15 is 0 Å². The van der Waals surface area contributed by atoms with Gasteiger partial charge in [-0.25, -0.2) is 4.98 Å². The number of halogens is 1. The second kappa shape index (κ2) is 7.89. The summed E-state index contributed by atoms with van der Waals surface area (Å²) >= 11 is 3.25. The Morgan fingerprint density at radius 3 is 2.53 bits per heavy atom. The van der Waals surface area contributed by atoms with Gasteiger partial charge in [0.05, 0.1) is 0 Å². The highest BCUT2D eigenvalue weighted by molar-refractivity contribution is 9.10. The molecule has 0 radical (unpaired) electrons. The summed E-state index contributed by atoms with van der Waals surface area (Å²) in [4.78, 5) is 29.2. The van der Waals surface area contributed by atoms with Crippen molar-refractivity contribution in [2.75, 3.05) is 19.6 Å². The molecular formula is C13H18BrN3O2. The normalized spacial score (nSPS) is 10.1. The molecule has 1 N–H and O–H groups in total. The second-order valence-corrected chi connectivity index (χ2v) is 4.85. The zero-order chi connectivity index (χ0) is 14.3. The number of amides is 2. The maximum absolute atomic E-state index is 11.7. The largest absolute Gasteiger partial charge is 0.350 e. The number of carbonyl (C=O) groups excluding carboxylic acids is 2. The number of pyridine rings is 1. The first-order chi connectivity index (χ1) is 9.08. The number of carbonyl (C=O) groups is 2. The average molecular weight is 328 g/mol. The highest BCUT2D eigenvalue weighted by Crippen LogP contribution is 2.07. The molecule has 0 bridgehead atoms. The zero-order valence-corrected chi connectivity index (χ0v) is 12.7. The number of hydrogen-bond donors (Lipinski definition) is 1. The van der Waals surface area contributed by atoms with E-state index in [2.05, 4.69) is 26.2 Å². The molecule has 104 valence electrons. The first kappa shape index (κ1) is 15.6. The maximum atomic E-state index is 11.7. The Kier molecular flexibility index (Phi) is 6.49. The van der Waals surface area contributed by atoms with E-state index in [-0.39, 0.29) is 11.8 Å². The molecule has 1 aromatic heterocycles. The minimum atomic E-state index is -0.264. The van der Waals surface area contributed by atoms with Crippen LogP contribution in [0.1, 0.15) is 30.8 Å². The van der Waals surface area contributed by atoms with Gasteiger partial charge in [-0.2, -0.15) is 0 Å². The predicted octanol–water partition coefficient (Wildman–Crippen LogP) is 1.83. The molecule has 6 heteroatoms. The molecule has 0 atom stereocenters. The Labute approximate surface area is 121 Å². The van der Waals surface area contributed by atoms with Crippen molar-refractivity contribution in [1.29, 1.82) is 0 Å². The van der Waals surface area contributed by atoms with Crippen molar-refractivity contribution in [1.82, 2.24) is 15.2 Å². The summed E-state index contributed by atoms with van der Waals surface area (Å²) in [6, 6.07) is 3.38. The summed E-state index contributed by atoms with van der Waals surface area (Å²) in [6.07, 6.45) is 1.87. The molecule has 0 saturated carbocycles. The highest BCUT2D eigenvalue weighted by atomic mass is 79.9. The number of nitrogens with one attached hydrogen (secondary N) is 1. The van der Waals surface area contributed by atoms with Crippen LogP contribution in [0.25, 0.3) is 0 Å². The molecule has 19 heavy (non-hydrogen) atoms. The van der Waals surface area contributed by atoms with Gasteiger partial charge in [0.25, 0.3) is 5.91 Å². The molecular weight excluding hydrogens is 310 g/mol. The molecule has 0 aliphatic rings. The van der Waals surface area contributed by atoms with Crippen LogP contribution in [-0.4, -0.2) is 41.3 Å². The SMILES string of the molecule is CCN(CC)C(=O)CCNC(=O)c1ccc(Br)cn1. The van der Waals surface area contributed by atoms with Crippen molar-refractivity contribution in [2.24, 2.45) is 0 Å². The number of nitrogens with zero attached hydrogens (tertiary/aromatic N) is 2. The van der Waals surface area contributed by atoms with E-state index < -0.39 is 0 Å². The molecule has 1 heterocycles. The lowest BCUT2D eigenvalue weighted by atomic mass is 10.3. The molecule has 0 spiro atoms. The van der Waals surface area contributed by atoms with Crippen LogP contribution in [-0.2, 0) is 4.79 Å². The summed E-state index contributed by atoms with van der Waals surface area (Å²) in [6.45, 7) is 5.58. The fourth-order valence-corrected chi connectivity index (χ4v) is 1.85. The lowest BCUT2D eigenvalue weighted by Crippen LogP contribution is -2.34. The van der Waals surface area contributed by atoms with Gasteiger partial charge in [0.2, 0.25) is 5.91 Å². The Morgan fingerprint density at radius 1 is 1.32 bits per heavy atom. The van der Waals surface area contributed by atoms with Crippen LogP contribution in [0.5, 0.6) is 0 Å². The topological polar surface area (TPSA) is 62.3 Å². The van der Waals surface area contributed by atoms with Crippen LogP contribution in [0.15, 0.2) is 22.8 Å². The molecule has 0 saturated heterocycles. The lowest BCUT2D eigenvalue weighted by molar-refractivity contribution is -0.130. The van der Waals surface area contributed by atoms with Crippen LogP contribution in [0.4, 0.5) is 0 Å². The van der Waals surface area contributed by atoms with E-state index in [1.807, 2.05) is 13.8 Å². The standard InChI is InChI=1S/C13H18BrN3O2/c1-3-17(4-2)12(18)7-8-15-13(19)11-6-5-10(14)9-16-11/h5-6,9H,3-4,7-8H2,1-2H3,(H,15,19). The summed E-state index contributed by atoms with van der Waals surface area (Å²) in [5.74, 6) is -0.214. The molecule has 2 amide bonds. The van der Waals surface area contributed by atoms with Crippen LogP contribution >= 0.6 is 15.9 Å². The summed E-state index contributed by atoms with van der Waals surface area (Å²) in [7, 11) is 0. The van der Waals surface area contributed by atoms with E-state index in [1.54, 1.807) is 23.2 Å². The van der Waals surface area contributed by atoms with Gasteiger partial charge < -0.3 is 10.2 Å². The third-order valence-corrected chi connectivity index (χ3v) is 3.17. The Bertz CT molecular complexity index is 430. The van der Waals surface area contributed by atoms with Crippen molar-refractivity contribution in [3.63, 3.8) is 0 Å². The molecule has 0 aliphatic carbocycles. The zero-order valence-electron chi connectivity index (χ0n) is 11.1. The van der Waals surface area contributed by atoms with Crippen LogP contribution < -0.4 is 5.32 Å². The van der Waals surface area contributed by atoms with Gasteiger partial charge in [0.1, 0.15) is 5.69 Å². The molecule has 0 fully saturated rings. The van der Waals surface area contributed by atoms with E-state index in [9.17, 15) is 9.59 Å². The van der Waals surface area contributed by atoms with E-state index in [0.717, 1.165) is 4.47 Å². The van der Waals surface area contributed by atoms with Crippen LogP contribution in [0, 0.1) is 0 Å². The summed E-state index contributed by atoms with van der Waals surface area (Å²) in [5.41, 5.74) is 0.346. The summed E-state index contributed by atoms with van der Waals surface area (Å²) in [5, 5.41) is 2.69. The third kappa shape index (κ3) is 4.98. The van der Waals surface area contributed by atoms with E-state index in [4.69, 9.17) is 0 Å². The molecule has 5 nitrogen and oxygen atoms in total. The minimum absolute atomic E-state index is 0.0501. The van der Waals surface area contributed by atoms with E-state index in [1.165, 1.54) is 0 Å². The van der Waals surface area contributed by atoms with E-state index in [0.29, 0.717) is 31.7 Å². The van der Waals surface area contributed by atoms with Gasteiger partial charge in [-0.05, 0) is 41.9 Å². The van der Waals surface area contributed by atoms with Gasteiger partial charge >= 0.3 is 0 Å². The van der Waals surface area contributed by atoms with Gasteiger partial charge in [-0.1, -0.05) is 0 Å². The van der Waals surface area contributed by atoms with Gasteiger partial charge in [-0.15, -0.1) is 0 Å². The number of aromatic nitrogens is 1. The molecule has 1 aromatic rings. The van der Waals surface area contributed by atoms with Gasteiger partial charge in [0, 0.05) is 36.7 Å². The van der Waals surface area contributed by atoms with Crippen molar-refractivity contribution in [3.05, 3.63) is 28.5 Å². The third-order valence-electron chi connectivity index (χ3n) is 2.70. The van der Waals surface area contributed by atoms with Crippen molar-refractivity contribution in [2.45, 2.75) is 20.3 Å². The maximum Gasteiger partial charge on any atom is 0.269 e. The first-order valence-corrected chi connectivity index (χ1v) is 7.05. The van der Waals surface area contributed by atoms with Gasteiger partial charge in [-0.3, -0.25) is 9.59 Å².